The van der Waals surface area contributed by atoms with E-state index in [2.05, 4.69) is 5.32 Å². The summed E-state index contributed by atoms with van der Waals surface area (Å²) in [4.78, 5) is 11.5. The van der Waals surface area contributed by atoms with Crippen LogP contribution in [0.15, 0.2) is 0 Å². The largest absolute Gasteiger partial charge is 0.396 e. The first-order valence-corrected chi connectivity index (χ1v) is 8.24. The van der Waals surface area contributed by atoms with Crippen molar-refractivity contribution >= 4 is 15.7 Å². The third-order valence-electron chi connectivity index (χ3n) is 2.52. The van der Waals surface area contributed by atoms with Crippen molar-refractivity contribution in [3.05, 3.63) is 0 Å². The summed E-state index contributed by atoms with van der Waals surface area (Å²) in [5.41, 5.74) is 5.58. The van der Waals surface area contributed by atoms with Gasteiger partial charge in [0.05, 0.1) is 11.8 Å². The number of amides is 1. The van der Waals surface area contributed by atoms with Gasteiger partial charge < -0.3 is 16.2 Å². The Morgan fingerprint density at radius 2 is 1.89 bits per heavy atom. The maximum atomic E-state index is 11.5. The molecule has 0 aliphatic carbocycles. The Kier molecular flexibility index (Phi) is 8.95. The minimum absolute atomic E-state index is 0.0713. The number of hydrogen-bond acceptors (Lipinski definition) is 5. The summed E-state index contributed by atoms with van der Waals surface area (Å²) in [6.07, 6.45) is 4.77. The minimum Gasteiger partial charge on any atom is -0.396 e. The molecule has 1 atom stereocenters. The van der Waals surface area contributed by atoms with Crippen LogP contribution in [0.5, 0.6) is 0 Å². The molecule has 6 nitrogen and oxygen atoms in total. The lowest BCUT2D eigenvalue weighted by molar-refractivity contribution is -0.122. The number of nitrogens with two attached hydrogens (primary N) is 1. The van der Waals surface area contributed by atoms with Crippen LogP contribution in [0.2, 0.25) is 0 Å². The van der Waals surface area contributed by atoms with Gasteiger partial charge in [0.15, 0.2) is 0 Å². The number of carbonyl (C=O) groups is 1. The Morgan fingerprint density at radius 1 is 1.28 bits per heavy atom. The van der Waals surface area contributed by atoms with Gasteiger partial charge in [0.1, 0.15) is 9.84 Å². The first-order valence-electron chi connectivity index (χ1n) is 6.18. The molecule has 0 aromatic carbocycles. The second-order valence-electron chi connectivity index (χ2n) is 4.45. The van der Waals surface area contributed by atoms with Gasteiger partial charge in [-0.3, -0.25) is 4.79 Å². The molecule has 0 heterocycles. The zero-order valence-electron chi connectivity index (χ0n) is 10.9. The van der Waals surface area contributed by atoms with Crippen LogP contribution in [0, 0.1) is 0 Å². The number of aliphatic hydroxyl groups is 1. The molecule has 0 rings (SSSR count). The molecular weight excluding hydrogens is 256 g/mol. The molecule has 7 heteroatoms. The highest BCUT2D eigenvalue weighted by atomic mass is 32.2. The minimum atomic E-state index is -3.07. The Hall–Kier alpha value is -0.660. The zero-order valence-corrected chi connectivity index (χ0v) is 11.7. The summed E-state index contributed by atoms with van der Waals surface area (Å²) in [7, 11) is -3.07. The van der Waals surface area contributed by atoms with Gasteiger partial charge in [-0.1, -0.05) is 12.8 Å². The van der Waals surface area contributed by atoms with Crippen LogP contribution in [0.1, 0.15) is 32.1 Å². The van der Waals surface area contributed by atoms with Crippen molar-refractivity contribution in [1.29, 1.82) is 0 Å². The Labute approximate surface area is 109 Å². The van der Waals surface area contributed by atoms with E-state index in [9.17, 15) is 13.2 Å². The van der Waals surface area contributed by atoms with Crippen molar-refractivity contribution in [2.24, 2.45) is 5.73 Å². The lowest BCUT2D eigenvalue weighted by Gasteiger charge is -2.11. The first kappa shape index (κ1) is 17.3. The van der Waals surface area contributed by atoms with Crippen molar-refractivity contribution in [3.63, 3.8) is 0 Å². The second kappa shape index (κ2) is 9.29. The fraction of sp³-hybridized carbons (Fsp3) is 0.909. The summed E-state index contributed by atoms with van der Waals surface area (Å²) >= 11 is 0. The van der Waals surface area contributed by atoms with E-state index < -0.39 is 15.9 Å². The van der Waals surface area contributed by atoms with E-state index in [1.54, 1.807) is 0 Å². The van der Waals surface area contributed by atoms with Crippen LogP contribution in [0.3, 0.4) is 0 Å². The van der Waals surface area contributed by atoms with Crippen LogP contribution in [0.25, 0.3) is 0 Å². The molecule has 0 aromatic rings. The first-order chi connectivity index (χ1) is 8.37. The molecule has 0 aliphatic heterocycles. The number of unbranched alkanes of at least 4 members (excludes halogenated alkanes) is 3. The third-order valence-corrected chi connectivity index (χ3v) is 3.50. The lowest BCUT2D eigenvalue weighted by atomic mass is 10.2. The average Bonchev–Trinajstić information content (AvgIpc) is 2.29. The van der Waals surface area contributed by atoms with Crippen LogP contribution in [-0.4, -0.2) is 50.6 Å². The fourth-order valence-corrected chi connectivity index (χ4v) is 2.09. The molecule has 4 N–H and O–H groups in total. The molecule has 0 aromatic heterocycles. The Bertz CT molecular complexity index is 330. The van der Waals surface area contributed by atoms with E-state index in [1.165, 1.54) is 0 Å². The number of hydrogen-bond donors (Lipinski definition) is 3. The second-order valence-corrected chi connectivity index (χ2v) is 6.71. The third kappa shape index (κ3) is 10.5. The molecule has 0 fully saturated rings. The molecule has 0 radical (unpaired) electrons. The van der Waals surface area contributed by atoms with E-state index in [4.69, 9.17) is 10.8 Å². The molecule has 0 saturated carbocycles. The molecule has 1 amide bonds. The summed E-state index contributed by atoms with van der Waals surface area (Å²) in [5, 5.41) is 11.2. The highest BCUT2D eigenvalue weighted by Gasteiger charge is 2.15. The molecule has 18 heavy (non-hydrogen) atoms. The SMILES string of the molecule is CS(=O)(=O)CCC(N)C(=O)NCCCCCCO. The monoisotopic (exact) mass is 280 g/mol. The molecule has 1 unspecified atom stereocenters. The number of nitrogens with one attached hydrogen (secondary N) is 1. The predicted octanol–water partition coefficient (Wildman–Crippen LogP) is -0.583. The van der Waals surface area contributed by atoms with Crippen LogP contribution < -0.4 is 11.1 Å². The van der Waals surface area contributed by atoms with Gasteiger partial charge in [0.25, 0.3) is 0 Å². The van der Waals surface area contributed by atoms with Crippen molar-refractivity contribution in [1.82, 2.24) is 5.32 Å². The van der Waals surface area contributed by atoms with Gasteiger partial charge >= 0.3 is 0 Å². The van der Waals surface area contributed by atoms with Crippen molar-refractivity contribution in [2.45, 2.75) is 38.1 Å². The van der Waals surface area contributed by atoms with Crippen LogP contribution in [0.4, 0.5) is 0 Å². The smallest absolute Gasteiger partial charge is 0.236 e. The fourth-order valence-electron chi connectivity index (χ4n) is 1.41. The molecular formula is C11H24N2O4S. The highest BCUT2D eigenvalue weighted by Crippen LogP contribution is 1.98. The maximum absolute atomic E-state index is 11.5. The van der Waals surface area contributed by atoms with Crippen LogP contribution in [-0.2, 0) is 14.6 Å². The van der Waals surface area contributed by atoms with Gasteiger partial charge in [-0.15, -0.1) is 0 Å². The van der Waals surface area contributed by atoms with E-state index in [1.807, 2.05) is 0 Å². The normalized spacial score (nSPS) is 13.3. The van der Waals surface area contributed by atoms with Gasteiger partial charge in [-0.05, 0) is 19.3 Å². The van der Waals surface area contributed by atoms with Crippen molar-refractivity contribution in [2.75, 3.05) is 25.2 Å². The summed E-state index contributed by atoms with van der Waals surface area (Å²) < 4.78 is 21.8. The predicted molar refractivity (Wildman–Crippen MR) is 70.9 cm³/mol. The molecule has 0 spiro atoms. The van der Waals surface area contributed by atoms with E-state index in [0.717, 1.165) is 31.9 Å². The average molecular weight is 280 g/mol. The van der Waals surface area contributed by atoms with Crippen LogP contribution >= 0.6 is 0 Å². The van der Waals surface area contributed by atoms with Crippen molar-refractivity contribution in [3.8, 4) is 0 Å². The molecule has 0 bridgehead atoms. The Balaban J connectivity index is 3.62. The Morgan fingerprint density at radius 3 is 2.44 bits per heavy atom. The number of sulfone groups is 1. The number of rotatable bonds is 10. The van der Waals surface area contributed by atoms with E-state index in [0.29, 0.717) is 6.54 Å². The van der Waals surface area contributed by atoms with Gasteiger partial charge in [0.2, 0.25) is 5.91 Å². The lowest BCUT2D eigenvalue weighted by Crippen LogP contribution is -2.41. The molecule has 0 saturated heterocycles. The van der Waals surface area contributed by atoms with E-state index in [-0.39, 0.29) is 24.7 Å². The van der Waals surface area contributed by atoms with Gasteiger partial charge in [0, 0.05) is 19.4 Å². The topological polar surface area (TPSA) is 109 Å². The molecule has 0 aliphatic rings. The standard InChI is InChI=1S/C11H24N2O4S/c1-18(16,17)9-6-10(12)11(15)13-7-4-2-3-5-8-14/h10,14H,2-9,12H2,1H3,(H,13,15). The van der Waals surface area contributed by atoms with Gasteiger partial charge in [-0.2, -0.15) is 0 Å². The van der Waals surface area contributed by atoms with Gasteiger partial charge in [-0.25, -0.2) is 8.42 Å². The summed E-state index contributed by atoms with van der Waals surface area (Å²) in [5.74, 6) is -0.376. The molecule has 108 valence electrons. The summed E-state index contributed by atoms with van der Waals surface area (Å²) in [6.45, 7) is 0.736. The number of aliphatic hydroxyl groups excluding tert-OH is 1. The maximum Gasteiger partial charge on any atom is 0.236 e. The highest BCUT2D eigenvalue weighted by molar-refractivity contribution is 7.90. The summed E-state index contributed by atoms with van der Waals surface area (Å²) in [6, 6.07) is -0.767. The number of carbonyl (C=O) groups excluding carboxylic acids is 1. The van der Waals surface area contributed by atoms with E-state index >= 15 is 0 Å². The van der Waals surface area contributed by atoms with Crippen molar-refractivity contribution < 1.29 is 18.3 Å². The quantitative estimate of drug-likeness (QED) is 0.464. The zero-order chi connectivity index (χ0) is 14.0.